The van der Waals surface area contributed by atoms with E-state index in [0.717, 1.165) is 19.4 Å². The Bertz CT molecular complexity index is 237. The highest BCUT2D eigenvalue weighted by molar-refractivity contribution is 7.91. The van der Waals surface area contributed by atoms with Gasteiger partial charge in [-0.1, -0.05) is 6.92 Å². The number of sulfone groups is 1. The van der Waals surface area contributed by atoms with Gasteiger partial charge in [0.25, 0.3) is 0 Å². The Morgan fingerprint density at radius 2 is 1.93 bits per heavy atom. The predicted octanol–water partition coefficient (Wildman–Crippen LogP) is 0.562. The minimum Gasteiger partial charge on any atom is -0.393 e. The minimum atomic E-state index is -2.85. The van der Waals surface area contributed by atoms with Crippen molar-refractivity contribution in [3.63, 3.8) is 0 Å². The van der Waals surface area contributed by atoms with Crippen molar-refractivity contribution in [3.8, 4) is 0 Å². The third kappa shape index (κ3) is 10.2. The van der Waals surface area contributed by atoms with Gasteiger partial charge in [0.15, 0.2) is 9.84 Å². The molecular weight excluding hydrogens is 214 g/mol. The summed E-state index contributed by atoms with van der Waals surface area (Å²) < 4.78 is 22.6. The van der Waals surface area contributed by atoms with E-state index in [1.165, 1.54) is 0 Å². The van der Waals surface area contributed by atoms with Gasteiger partial charge < -0.3 is 10.4 Å². The topological polar surface area (TPSA) is 66.4 Å². The van der Waals surface area contributed by atoms with Crippen molar-refractivity contribution in [3.05, 3.63) is 0 Å². The first kappa shape index (κ1) is 14.9. The molecule has 0 aliphatic rings. The second-order valence-electron chi connectivity index (χ2n) is 3.89. The Morgan fingerprint density at radius 3 is 2.47 bits per heavy atom. The fourth-order valence-corrected chi connectivity index (χ4v) is 2.57. The van der Waals surface area contributed by atoms with Gasteiger partial charge in [0.05, 0.1) is 11.9 Å². The average molecular weight is 237 g/mol. The van der Waals surface area contributed by atoms with Crippen molar-refractivity contribution in [2.24, 2.45) is 0 Å². The first-order valence-electron chi connectivity index (χ1n) is 5.57. The first-order valence-corrected chi connectivity index (χ1v) is 7.39. The van der Waals surface area contributed by atoms with Gasteiger partial charge in [-0.15, -0.1) is 0 Å². The van der Waals surface area contributed by atoms with Crippen LogP contribution in [0.15, 0.2) is 0 Å². The number of nitrogens with one attached hydrogen (secondary N) is 1. The number of aliphatic hydroxyl groups is 1. The lowest BCUT2D eigenvalue weighted by atomic mass is 10.2. The molecule has 0 aromatic heterocycles. The van der Waals surface area contributed by atoms with Crippen molar-refractivity contribution < 1.29 is 13.5 Å². The van der Waals surface area contributed by atoms with E-state index in [1.54, 1.807) is 6.92 Å². The summed E-state index contributed by atoms with van der Waals surface area (Å²) in [6, 6.07) is 0. The van der Waals surface area contributed by atoms with Crippen LogP contribution >= 0.6 is 0 Å². The molecule has 0 saturated carbocycles. The molecule has 0 bridgehead atoms. The molecule has 4 nitrogen and oxygen atoms in total. The van der Waals surface area contributed by atoms with E-state index in [1.807, 2.05) is 6.92 Å². The van der Waals surface area contributed by atoms with Crippen LogP contribution in [0.25, 0.3) is 0 Å². The van der Waals surface area contributed by atoms with Crippen LogP contribution < -0.4 is 5.32 Å². The van der Waals surface area contributed by atoms with Gasteiger partial charge in [0, 0.05) is 12.3 Å². The molecule has 5 heteroatoms. The third-order valence-electron chi connectivity index (χ3n) is 2.08. The van der Waals surface area contributed by atoms with Crippen molar-refractivity contribution in [1.82, 2.24) is 5.32 Å². The molecule has 0 rings (SSSR count). The molecule has 0 saturated heterocycles. The van der Waals surface area contributed by atoms with E-state index >= 15 is 0 Å². The molecule has 0 radical (unpaired) electrons. The summed E-state index contributed by atoms with van der Waals surface area (Å²) in [5.41, 5.74) is 0. The summed E-state index contributed by atoms with van der Waals surface area (Å²) in [5.74, 6) is 0.498. The quantitative estimate of drug-likeness (QED) is 0.575. The summed E-state index contributed by atoms with van der Waals surface area (Å²) in [4.78, 5) is 0. The highest BCUT2D eigenvalue weighted by Gasteiger charge is 2.07. The second kappa shape index (κ2) is 8.07. The molecule has 1 atom stereocenters. The van der Waals surface area contributed by atoms with Gasteiger partial charge in [-0.2, -0.15) is 0 Å². The molecule has 1 unspecified atom stereocenters. The highest BCUT2D eigenvalue weighted by Crippen LogP contribution is 1.94. The predicted molar refractivity (Wildman–Crippen MR) is 62.7 cm³/mol. The SMILES string of the molecule is CCCS(=O)(=O)CCNCCCC(C)O. The maximum atomic E-state index is 11.3. The average Bonchev–Trinajstić information content (AvgIpc) is 2.10. The molecule has 0 aliphatic heterocycles. The Hall–Kier alpha value is -0.130. The van der Waals surface area contributed by atoms with Gasteiger partial charge in [-0.3, -0.25) is 0 Å². The van der Waals surface area contributed by atoms with Crippen molar-refractivity contribution in [2.45, 2.75) is 39.2 Å². The molecule has 0 fully saturated rings. The van der Waals surface area contributed by atoms with Crippen LogP contribution in [0.4, 0.5) is 0 Å². The van der Waals surface area contributed by atoms with E-state index in [9.17, 15) is 8.42 Å². The van der Waals surface area contributed by atoms with Crippen LogP contribution in [0.5, 0.6) is 0 Å². The van der Waals surface area contributed by atoms with Gasteiger partial charge in [0.1, 0.15) is 0 Å². The number of aliphatic hydroxyl groups excluding tert-OH is 1. The Kier molecular flexibility index (Phi) is 8.00. The van der Waals surface area contributed by atoms with E-state index < -0.39 is 9.84 Å². The van der Waals surface area contributed by atoms with Crippen LogP contribution in [-0.2, 0) is 9.84 Å². The number of hydrogen-bond acceptors (Lipinski definition) is 4. The summed E-state index contributed by atoms with van der Waals surface area (Å²) in [5, 5.41) is 12.0. The first-order chi connectivity index (χ1) is 6.98. The van der Waals surface area contributed by atoms with Gasteiger partial charge >= 0.3 is 0 Å². The van der Waals surface area contributed by atoms with Gasteiger partial charge in [0.2, 0.25) is 0 Å². The van der Waals surface area contributed by atoms with Crippen LogP contribution in [0.3, 0.4) is 0 Å². The van der Waals surface area contributed by atoms with Crippen LogP contribution in [0, 0.1) is 0 Å². The lowest BCUT2D eigenvalue weighted by molar-refractivity contribution is 0.181. The van der Waals surface area contributed by atoms with E-state index in [4.69, 9.17) is 5.11 Å². The van der Waals surface area contributed by atoms with E-state index in [-0.39, 0.29) is 17.6 Å². The maximum absolute atomic E-state index is 11.3. The van der Waals surface area contributed by atoms with Crippen molar-refractivity contribution >= 4 is 9.84 Å². The highest BCUT2D eigenvalue weighted by atomic mass is 32.2. The molecule has 0 aliphatic carbocycles. The summed E-state index contributed by atoms with van der Waals surface area (Å²) >= 11 is 0. The van der Waals surface area contributed by atoms with E-state index in [2.05, 4.69) is 5.32 Å². The molecule has 0 amide bonds. The zero-order valence-electron chi connectivity index (χ0n) is 9.70. The normalized spacial score (nSPS) is 14.1. The Labute approximate surface area is 93.0 Å². The molecule has 0 heterocycles. The summed E-state index contributed by atoms with van der Waals surface area (Å²) in [6.07, 6.45) is 2.06. The number of rotatable bonds is 9. The molecule has 0 aromatic carbocycles. The Morgan fingerprint density at radius 1 is 1.27 bits per heavy atom. The third-order valence-corrected chi connectivity index (χ3v) is 3.94. The zero-order chi connectivity index (χ0) is 11.7. The fraction of sp³-hybridized carbons (Fsp3) is 1.00. The summed E-state index contributed by atoms with van der Waals surface area (Å²) in [7, 11) is -2.85. The standard InChI is InChI=1S/C10H23NO3S/c1-3-8-15(13,14)9-7-11-6-4-5-10(2)12/h10-12H,3-9H2,1-2H3. The molecule has 15 heavy (non-hydrogen) atoms. The van der Waals surface area contributed by atoms with Crippen LogP contribution in [0.2, 0.25) is 0 Å². The van der Waals surface area contributed by atoms with Crippen molar-refractivity contribution in [1.29, 1.82) is 0 Å². The Balaban J connectivity index is 3.38. The largest absolute Gasteiger partial charge is 0.393 e. The fourth-order valence-electron chi connectivity index (χ4n) is 1.29. The summed E-state index contributed by atoms with van der Waals surface area (Å²) in [6.45, 7) is 4.91. The monoisotopic (exact) mass is 237 g/mol. The van der Waals surface area contributed by atoms with Gasteiger partial charge in [-0.25, -0.2) is 8.42 Å². The zero-order valence-corrected chi connectivity index (χ0v) is 10.5. The second-order valence-corrected chi connectivity index (χ2v) is 6.20. The lowest BCUT2D eigenvalue weighted by Gasteiger charge is -2.06. The number of hydrogen-bond donors (Lipinski definition) is 2. The molecule has 92 valence electrons. The minimum absolute atomic E-state index is 0.218. The molecule has 0 spiro atoms. The lowest BCUT2D eigenvalue weighted by Crippen LogP contribution is -2.25. The van der Waals surface area contributed by atoms with Crippen LogP contribution in [-0.4, -0.2) is 44.2 Å². The maximum Gasteiger partial charge on any atom is 0.151 e. The van der Waals surface area contributed by atoms with Crippen molar-refractivity contribution in [2.75, 3.05) is 24.6 Å². The van der Waals surface area contributed by atoms with Gasteiger partial charge in [-0.05, 0) is 32.7 Å². The van der Waals surface area contributed by atoms with E-state index in [0.29, 0.717) is 13.0 Å². The molecule has 0 aromatic rings. The smallest absolute Gasteiger partial charge is 0.151 e. The molecule has 2 N–H and O–H groups in total. The molecular formula is C10H23NO3S. The van der Waals surface area contributed by atoms with Crippen LogP contribution in [0.1, 0.15) is 33.1 Å².